The van der Waals surface area contributed by atoms with Crippen molar-refractivity contribution in [1.82, 2.24) is 10.2 Å². The molecule has 0 radical (unpaired) electrons. The van der Waals surface area contributed by atoms with Crippen molar-refractivity contribution in [3.05, 3.63) is 35.4 Å². The van der Waals surface area contributed by atoms with Crippen LogP contribution in [0.3, 0.4) is 0 Å². The van der Waals surface area contributed by atoms with Gasteiger partial charge in [0.25, 0.3) is 5.91 Å². The van der Waals surface area contributed by atoms with Crippen LogP contribution >= 0.6 is 12.2 Å². The Kier molecular flexibility index (Phi) is 2.92. The van der Waals surface area contributed by atoms with Crippen LogP contribution in [0.25, 0.3) is 0 Å². The maximum atomic E-state index is 11.9. The molecule has 0 aliphatic carbocycles. The molecule has 0 atom stereocenters. The first-order valence-corrected chi connectivity index (χ1v) is 5.19. The molecule has 0 fully saturated rings. The highest BCUT2D eigenvalue weighted by Gasteiger charge is 2.15. The number of furan rings is 1. The third-order valence-electron chi connectivity index (χ3n) is 2.25. The lowest BCUT2D eigenvalue weighted by atomic mass is 10.2. The Morgan fingerprint density at radius 2 is 2.35 bits per heavy atom. The number of anilines is 1. The van der Waals surface area contributed by atoms with Gasteiger partial charge in [0.15, 0.2) is 0 Å². The molecule has 0 aliphatic rings. The summed E-state index contributed by atoms with van der Waals surface area (Å²) in [6, 6.07) is 1.58. The fourth-order valence-corrected chi connectivity index (χ4v) is 1.52. The molecule has 88 valence electrons. The molecule has 0 unspecified atom stereocenters. The molecule has 0 bridgehead atoms. The average molecular weight is 250 g/mol. The van der Waals surface area contributed by atoms with Gasteiger partial charge in [-0.05, 0) is 13.0 Å². The fraction of sp³-hybridized carbons (Fsp3) is 0.100. The number of amides is 1. The van der Waals surface area contributed by atoms with Crippen LogP contribution in [-0.4, -0.2) is 21.1 Å². The van der Waals surface area contributed by atoms with Crippen molar-refractivity contribution >= 4 is 28.9 Å². The largest absolute Gasteiger partial charge is 0.469 e. The lowest BCUT2D eigenvalue weighted by Crippen LogP contribution is -2.17. The van der Waals surface area contributed by atoms with Crippen LogP contribution in [0.5, 0.6) is 0 Å². The van der Waals surface area contributed by atoms with Crippen molar-refractivity contribution < 1.29 is 9.21 Å². The normalized spacial score (nSPS) is 10.2. The van der Waals surface area contributed by atoms with Gasteiger partial charge in [-0.15, -0.1) is 0 Å². The Balaban J connectivity index is 2.22. The number of aryl methyl sites for hydroxylation is 1. The summed E-state index contributed by atoms with van der Waals surface area (Å²) in [4.78, 5) is 12.0. The number of nitrogens with zero attached hydrogens (tertiary/aromatic N) is 1. The maximum Gasteiger partial charge on any atom is 0.260 e. The van der Waals surface area contributed by atoms with E-state index in [2.05, 4.69) is 15.5 Å². The molecule has 4 N–H and O–H groups in total. The Morgan fingerprint density at radius 3 is 2.94 bits per heavy atom. The third-order valence-corrected chi connectivity index (χ3v) is 2.47. The lowest BCUT2D eigenvalue weighted by molar-refractivity contribution is 0.102. The summed E-state index contributed by atoms with van der Waals surface area (Å²) in [6.07, 6.45) is 2.91. The summed E-state index contributed by atoms with van der Waals surface area (Å²) in [5, 5.41) is 9.02. The van der Waals surface area contributed by atoms with Crippen molar-refractivity contribution in [1.29, 1.82) is 0 Å². The van der Waals surface area contributed by atoms with Crippen LogP contribution < -0.4 is 11.1 Å². The van der Waals surface area contributed by atoms with Crippen LogP contribution in [0.4, 0.5) is 5.82 Å². The van der Waals surface area contributed by atoms with E-state index in [0.717, 1.165) is 0 Å². The molecule has 0 saturated carbocycles. The molecule has 1 amide bonds. The van der Waals surface area contributed by atoms with Crippen LogP contribution in [0.15, 0.2) is 22.9 Å². The van der Waals surface area contributed by atoms with Gasteiger partial charge in [0.05, 0.1) is 23.6 Å². The number of hydrogen-bond donors (Lipinski definition) is 3. The minimum Gasteiger partial charge on any atom is -0.469 e. The molecule has 0 aliphatic heterocycles. The second kappa shape index (κ2) is 4.38. The first-order chi connectivity index (χ1) is 8.09. The number of hydrogen-bond acceptors (Lipinski definition) is 4. The number of aromatic amines is 1. The van der Waals surface area contributed by atoms with E-state index in [0.29, 0.717) is 22.7 Å². The van der Waals surface area contributed by atoms with Gasteiger partial charge >= 0.3 is 0 Å². The van der Waals surface area contributed by atoms with Crippen molar-refractivity contribution in [3.8, 4) is 0 Å². The summed E-state index contributed by atoms with van der Waals surface area (Å²) >= 11 is 4.83. The summed E-state index contributed by atoms with van der Waals surface area (Å²) in [7, 11) is 0. The van der Waals surface area contributed by atoms with Crippen LogP contribution in [0, 0.1) is 6.92 Å². The van der Waals surface area contributed by atoms with E-state index in [1.165, 1.54) is 12.5 Å². The van der Waals surface area contributed by atoms with Crippen molar-refractivity contribution in [2.75, 3.05) is 5.32 Å². The molecule has 2 heterocycles. The van der Waals surface area contributed by atoms with E-state index in [4.69, 9.17) is 22.4 Å². The predicted molar refractivity (Wildman–Crippen MR) is 65.9 cm³/mol. The van der Waals surface area contributed by atoms with E-state index in [1.54, 1.807) is 13.0 Å². The number of thiocarbonyl (C=S) groups is 1. The average Bonchev–Trinajstić information content (AvgIpc) is 2.86. The minimum atomic E-state index is -0.307. The van der Waals surface area contributed by atoms with Gasteiger partial charge in [-0.3, -0.25) is 9.89 Å². The fourth-order valence-electron chi connectivity index (χ4n) is 1.37. The van der Waals surface area contributed by atoms with Crippen molar-refractivity contribution in [3.63, 3.8) is 0 Å². The molecule has 0 spiro atoms. The predicted octanol–water partition coefficient (Wildman–Crippen LogP) is 1.20. The van der Waals surface area contributed by atoms with E-state index in [1.807, 2.05) is 0 Å². The van der Waals surface area contributed by atoms with Crippen LogP contribution in [0.2, 0.25) is 0 Å². The molecule has 2 aromatic rings. The molecular formula is C10H10N4O2S. The van der Waals surface area contributed by atoms with Crippen LogP contribution in [-0.2, 0) is 0 Å². The first kappa shape index (κ1) is 11.3. The van der Waals surface area contributed by atoms with Gasteiger partial charge in [-0.25, -0.2) is 0 Å². The molecule has 6 nitrogen and oxygen atoms in total. The highest BCUT2D eigenvalue weighted by molar-refractivity contribution is 7.80. The molecular weight excluding hydrogens is 240 g/mol. The highest BCUT2D eigenvalue weighted by atomic mass is 32.1. The van der Waals surface area contributed by atoms with Gasteiger partial charge in [-0.2, -0.15) is 5.10 Å². The third kappa shape index (κ3) is 2.18. The summed E-state index contributed by atoms with van der Waals surface area (Å²) in [5.74, 6) is 0.611. The molecule has 2 aromatic heterocycles. The monoisotopic (exact) mass is 250 g/mol. The first-order valence-electron chi connectivity index (χ1n) is 4.78. The van der Waals surface area contributed by atoms with E-state index < -0.39 is 0 Å². The number of nitrogens with two attached hydrogens (primary N) is 1. The summed E-state index contributed by atoms with van der Waals surface area (Å²) in [6.45, 7) is 1.70. The van der Waals surface area contributed by atoms with Crippen molar-refractivity contribution in [2.45, 2.75) is 6.92 Å². The SMILES string of the molecule is Cc1occc1C(=O)Nc1[nH]ncc1C(N)=S. The van der Waals surface area contributed by atoms with Gasteiger partial charge in [0, 0.05) is 0 Å². The molecule has 17 heavy (non-hydrogen) atoms. The van der Waals surface area contributed by atoms with Gasteiger partial charge < -0.3 is 15.5 Å². The second-order valence-electron chi connectivity index (χ2n) is 3.37. The number of carbonyl (C=O) groups excluding carboxylic acids is 1. The number of nitrogens with one attached hydrogen (secondary N) is 2. The zero-order valence-electron chi connectivity index (χ0n) is 8.98. The van der Waals surface area contributed by atoms with Crippen LogP contribution in [0.1, 0.15) is 21.7 Å². The Hall–Kier alpha value is -2.15. The Labute approximate surface area is 102 Å². The molecule has 7 heteroatoms. The molecule has 0 saturated heterocycles. The maximum absolute atomic E-state index is 11.9. The molecule has 2 rings (SSSR count). The quantitative estimate of drug-likeness (QED) is 0.711. The zero-order chi connectivity index (χ0) is 12.4. The van der Waals surface area contributed by atoms with Gasteiger partial charge in [-0.1, -0.05) is 12.2 Å². The number of aromatic nitrogens is 2. The lowest BCUT2D eigenvalue weighted by Gasteiger charge is -2.03. The van der Waals surface area contributed by atoms with E-state index in [9.17, 15) is 4.79 Å². The van der Waals surface area contributed by atoms with E-state index in [-0.39, 0.29) is 10.9 Å². The Bertz CT molecular complexity index is 572. The van der Waals surface area contributed by atoms with Gasteiger partial charge in [0.1, 0.15) is 16.6 Å². The molecule has 0 aromatic carbocycles. The van der Waals surface area contributed by atoms with Gasteiger partial charge in [0.2, 0.25) is 0 Å². The standard InChI is InChI=1S/C10H10N4O2S/c1-5-6(2-3-16-5)10(15)13-9-7(8(11)17)4-12-14-9/h2-4H,1H3,(H2,11,17)(H2,12,13,14,15). The number of carbonyl (C=O) groups is 1. The second-order valence-corrected chi connectivity index (χ2v) is 3.81. The highest BCUT2D eigenvalue weighted by Crippen LogP contribution is 2.14. The summed E-state index contributed by atoms with van der Waals surface area (Å²) in [5.41, 5.74) is 6.43. The summed E-state index contributed by atoms with van der Waals surface area (Å²) < 4.78 is 5.05. The zero-order valence-corrected chi connectivity index (χ0v) is 9.80. The Morgan fingerprint density at radius 1 is 1.59 bits per heavy atom. The topological polar surface area (TPSA) is 96.9 Å². The smallest absolute Gasteiger partial charge is 0.260 e. The van der Waals surface area contributed by atoms with E-state index >= 15 is 0 Å². The minimum absolute atomic E-state index is 0.165. The number of H-pyrrole nitrogens is 1. The van der Waals surface area contributed by atoms with Crippen molar-refractivity contribution in [2.24, 2.45) is 5.73 Å². The number of rotatable bonds is 3.